The van der Waals surface area contributed by atoms with E-state index in [0.717, 1.165) is 25.1 Å². The van der Waals surface area contributed by atoms with Crippen LogP contribution >= 0.6 is 0 Å². The summed E-state index contributed by atoms with van der Waals surface area (Å²) in [6.45, 7) is 5.48. The Bertz CT molecular complexity index is 473. The molecule has 0 aromatic heterocycles. The lowest BCUT2D eigenvalue weighted by Gasteiger charge is -2.22. The third-order valence-corrected chi connectivity index (χ3v) is 3.67. The third kappa shape index (κ3) is 4.38. The summed E-state index contributed by atoms with van der Waals surface area (Å²) < 4.78 is 11.1. The van der Waals surface area contributed by atoms with E-state index in [9.17, 15) is 4.79 Å². The Kier molecular flexibility index (Phi) is 5.90. The van der Waals surface area contributed by atoms with E-state index in [2.05, 4.69) is 12.2 Å². The minimum atomic E-state index is -0.293. The van der Waals surface area contributed by atoms with Crippen LogP contribution in [0.2, 0.25) is 0 Å². The van der Waals surface area contributed by atoms with Crippen molar-refractivity contribution in [1.29, 1.82) is 0 Å². The molecule has 1 atom stereocenters. The van der Waals surface area contributed by atoms with Gasteiger partial charge in [-0.15, -0.1) is 0 Å². The molecule has 0 fully saturated rings. The molecule has 0 saturated carbocycles. The van der Waals surface area contributed by atoms with Crippen LogP contribution in [0, 0.1) is 0 Å². The molecule has 1 unspecified atom stereocenters. The molecule has 1 aliphatic heterocycles. The zero-order valence-corrected chi connectivity index (χ0v) is 13.0. The Morgan fingerprint density at radius 3 is 3.05 bits per heavy atom. The number of rotatable bonds is 7. The minimum Gasteiger partial charge on any atom is -0.489 e. The molecule has 0 radical (unpaired) electrons. The molecule has 0 bridgehead atoms. The lowest BCUT2D eigenvalue weighted by Crippen LogP contribution is -2.22. The summed E-state index contributed by atoms with van der Waals surface area (Å²) in [5.74, 6) is 0.325. The van der Waals surface area contributed by atoms with E-state index >= 15 is 0 Å². The van der Waals surface area contributed by atoms with Gasteiger partial charge in [-0.1, -0.05) is 32.3 Å². The average molecular weight is 291 g/mol. The summed E-state index contributed by atoms with van der Waals surface area (Å²) in [5, 5.41) is 3.23. The highest BCUT2D eigenvalue weighted by molar-refractivity contribution is 5.95. The zero-order valence-electron chi connectivity index (χ0n) is 13.0. The zero-order chi connectivity index (χ0) is 15.1. The second kappa shape index (κ2) is 7.91. The average Bonchev–Trinajstić information content (AvgIpc) is 2.51. The summed E-state index contributed by atoms with van der Waals surface area (Å²) in [6.07, 6.45) is 5.63. The molecular weight excluding hydrogens is 266 g/mol. The molecule has 0 aliphatic carbocycles. The van der Waals surface area contributed by atoms with Crippen LogP contribution in [0.3, 0.4) is 0 Å². The summed E-state index contributed by atoms with van der Waals surface area (Å²) in [5.41, 5.74) is 1.38. The predicted molar refractivity (Wildman–Crippen MR) is 84.1 cm³/mol. The summed E-state index contributed by atoms with van der Waals surface area (Å²) in [4.78, 5) is 12.3. The molecular formula is C17H25NO3. The Morgan fingerprint density at radius 1 is 1.38 bits per heavy atom. The number of carbonyl (C=O) groups is 1. The predicted octanol–water partition coefficient (Wildman–Crippen LogP) is 4.01. The van der Waals surface area contributed by atoms with E-state index in [-0.39, 0.29) is 12.1 Å². The number of ether oxygens (including phenoxy) is 2. The molecule has 1 aromatic carbocycles. The lowest BCUT2D eigenvalue weighted by atomic mass is 10.1. The van der Waals surface area contributed by atoms with Crippen molar-refractivity contribution in [2.45, 2.75) is 52.1 Å². The number of anilines is 1. The maximum Gasteiger partial charge on any atom is 0.342 e. The van der Waals surface area contributed by atoms with Gasteiger partial charge in [0.2, 0.25) is 0 Å². The second-order valence-corrected chi connectivity index (χ2v) is 5.52. The third-order valence-electron chi connectivity index (χ3n) is 3.67. The maximum atomic E-state index is 12.3. The van der Waals surface area contributed by atoms with Gasteiger partial charge in [0, 0.05) is 6.54 Å². The van der Waals surface area contributed by atoms with Crippen LogP contribution < -0.4 is 10.1 Å². The fourth-order valence-corrected chi connectivity index (χ4v) is 2.49. The highest BCUT2D eigenvalue weighted by Crippen LogP contribution is 2.31. The van der Waals surface area contributed by atoms with Crippen molar-refractivity contribution in [2.75, 3.05) is 18.5 Å². The van der Waals surface area contributed by atoms with Crippen LogP contribution in [0.15, 0.2) is 18.2 Å². The Balaban J connectivity index is 1.91. The van der Waals surface area contributed by atoms with E-state index in [1.807, 2.05) is 19.1 Å². The van der Waals surface area contributed by atoms with Crippen LogP contribution in [0.5, 0.6) is 5.75 Å². The van der Waals surface area contributed by atoms with Gasteiger partial charge in [0.15, 0.2) is 5.75 Å². The highest BCUT2D eigenvalue weighted by Gasteiger charge is 2.21. The topological polar surface area (TPSA) is 47.6 Å². The van der Waals surface area contributed by atoms with Crippen LogP contribution in [0.1, 0.15) is 56.3 Å². The molecule has 4 nitrogen and oxygen atoms in total. The number of carbonyl (C=O) groups excluding carboxylic acids is 1. The van der Waals surface area contributed by atoms with Crippen LogP contribution in [-0.4, -0.2) is 25.2 Å². The first-order chi connectivity index (χ1) is 10.2. The van der Waals surface area contributed by atoms with Crippen molar-refractivity contribution in [1.82, 2.24) is 0 Å². The van der Waals surface area contributed by atoms with Gasteiger partial charge in [-0.05, 0) is 31.9 Å². The Hall–Kier alpha value is -1.71. The van der Waals surface area contributed by atoms with Crippen molar-refractivity contribution in [3.8, 4) is 5.75 Å². The maximum absolute atomic E-state index is 12.3. The van der Waals surface area contributed by atoms with Gasteiger partial charge in [0.1, 0.15) is 12.2 Å². The van der Waals surface area contributed by atoms with E-state index in [0.29, 0.717) is 17.9 Å². The SMILES string of the molecule is CCCCCCC(C)OC(=O)c1cccc2c1OCCN2. The molecule has 21 heavy (non-hydrogen) atoms. The molecule has 1 heterocycles. The highest BCUT2D eigenvalue weighted by atomic mass is 16.5. The smallest absolute Gasteiger partial charge is 0.342 e. The first kappa shape index (κ1) is 15.7. The monoisotopic (exact) mass is 291 g/mol. The van der Waals surface area contributed by atoms with Crippen molar-refractivity contribution in [3.63, 3.8) is 0 Å². The minimum absolute atomic E-state index is 0.0539. The van der Waals surface area contributed by atoms with E-state index in [1.54, 1.807) is 6.07 Å². The van der Waals surface area contributed by atoms with Crippen molar-refractivity contribution in [2.24, 2.45) is 0 Å². The van der Waals surface area contributed by atoms with Crippen molar-refractivity contribution >= 4 is 11.7 Å². The summed E-state index contributed by atoms with van der Waals surface area (Å²) in [7, 11) is 0. The van der Waals surface area contributed by atoms with Crippen LogP contribution in [0.25, 0.3) is 0 Å². The summed E-state index contributed by atoms with van der Waals surface area (Å²) in [6, 6.07) is 5.53. The number of unbranched alkanes of at least 4 members (excludes halogenated alkanes) is 3. The van der Waals surface area contributed by atoms with Gasteiger partial charge in [0.25, 0.3) is 0 Å². The van der Waals surface area contributed by atoms with E-state index in [4.69, 9.17) is 9.47 Å². The molecule has 4 heteroatoms. The van der Waals surface area contributed by atoms with Gasteiger partial charge in [-0.2, -0.15) is 0 Å². The summed E-state index contributed by atoms with van der Waals surface area (Å²) >= 11 is 0. The lowest BCUT2D eigenvalue weighted by molar-refractivity contribution is 0.0315. The fourth-order valence-electron chi connectivity index (χ4n) is 2.49. The molecule has 0 amide bonds. The first-order valence-corrected chi connectivity index (χ1v) is 7.93. The molecule has 1 aromatic rings. The number of benzene rings is 1. The number of esters is 1. The molecule has 1 N–H and O–H groups in total. The number of nitrogens with one attached hydrogen (secondary N) is 1. The molecule has 116 valence electrons. The van der Waals surface area contributed by atoms with Gasteiger partial charge in [-0.25, -0.2) is 4.79 Å². The van der Waals surface area contributed by atoms with Gasteiger partial charge < -0.3 is 14.8 Å². The van der Waals surface area contributed by atoms with Crippen LogP contribution in [-0.2, 0) is 4.74 Å². The standard InChI is InChI=1S/C17H25NO3/c1-3-4-5-6-8-13(2)21-17(19)14-9-7-10-15-16(14)20-12-11-18-15/h7,9-10,13,18H,3-6,8,11-12H2,1-2H3. The normalized spacial score (nSPS) is 14.6. The first-order valence-electron chi connectivity index (χ1n) is 7.93. The number of hydrogen-bond acceptors (Lipinski definition) is 4. The Labute approximate surface area is 126 Å². The number of para-hydroxylation sites is 1. The van der Waals surface area contributed by atoms with E-state index < -0.39 is 0 Å². The van der Waals surface area contributed by atoms with Gasteiger partial charge in [-0.3, -0.25) is 0 Å². The van der Waals surface area contributed by atoms with Crippen LogP contribution in [0.4, 0.5) is 5.69 Å². The number of fused-ring (bicyclic) bond motifs is 1. The second-order valence-electron chi connectivity index (χ2n) is 5.52. The molecule has 0 saturated heterocycles. The fraction of sp³-hybridized carbons (Fsp3) is 0.588. The van der Waals surface area contributed by atoms with Crippen molar-refractivity contribution in [3.05, 3.63) is 23.8 Å². The largest absolute Gasteiger partial charge is 0.489 e. The number of hydrogen-bond donors (Lipinski definition) is 1. The quantitative estimate of drug-likeness (QED) is 0.609. The van der Waals surface area contributed by atoms with Gasteiger partial charge in [0.05, 0.1) is 11.8 Å². The molecule has 0 spiro atoms. The van der Waals surface area contributed by atoms with Crippen molar-refractivity contribution < 1.29 is 14.3 Å². The Morgan fingerprint density at radius 2 is 2.24 bits per heavy atom. The van der Waals surface area contributed by atoms with E-state index in [1.165, 1.54) is 19.3 Å². The molecule has 2 rings (SSSR count). The van der Waals surface area contributed by atoms with Gasteiger partial charge >= 0.3 is 5.97 Å². The molecule has 1 aliphatic rings.